The zero-order valence-corrected chi connectivity index (χ0v) is 24.0. The summed E-state index contributed by atoms with van der Waals surface area (Å²) in [6, 6.07) is 12.5. The van der Waals surface area contributed by atoms with E-state index in [-0.39, 0.29) is 23.8 Å². The maximum absolute atomic E-state index is 13.2. The molecule has 2 aliphatic heterocycles. The number of aromatic amines is 1. The highest BCUT2D eigenvalue weighted by molar-refractivity contribution is 6.35. The van der Waals surface area contributed by atoms with Crippen LogP contribution in [0.25, 0.3) is 11.6 Å². The molecule has 0 bridgehead atoms. The fourth-order valence-corrected chi connectivity index (χ4v) is 5.57. The van der Waals surface area contributed by atoms with Crippen molar-refractivity contribution in [2.45, 2.75) is 39.7 Å². The van der Waals surface area contributed by atoms with E-state index >= 15 is 0 Å². The van der Waals surface area contributed by atoms with Crippen molar-refractivity contribution < 1.29 is 19.1 Å². The van der Waals surface area contributed by atoms with Crippen molar-refractivity contribution in [3.63, 3.8) is 0 Å². The van der Waals surface area contributed by atoms with Crippen LogP contribution in [0.5, 0.6) is 5.75 Å². The molecule has 2 aromatic carbocycles. The number of aryl methyl sites for hydroxylation is 1. The Kier molecular flexibility index (Phi) is 8.26. The first-order valence-electron chi connectivity index (χ1n) is 14.1. The highest BCUT2D eigenvalue weighted by Gasteiger charge is 2.27. The quantitative estimate of drug-likeness (QED) is 0.291. The van der Waals surface area contributed by atoms with Gasteiger partial charge in [-0.25, -0.2) is 0 Å². The van der Waals surface area contributed by atoms with Crippen LogP contribution in [0.3, 0.4) is 0 Å². The molecule has 41 heavy (non-hydrogen) atoms. The normalized spacial score (nSPS) is 16.4. The summed E-state index contributed by atoms with van der Waals surface area (Å²) in [4.78, 5) is 44.8. The van der Waals surface area contributed by atoms with Gasteiger partial charge in [0.25, 0.3) is 17.7 Å². The van der Waals surface area contributed by atoms with Gasteiger partial charge in [0.05, 0.1) is 24.3 Å². The lowest BCUT2D eigenvalue weighted by molar-refractivity contribution is -0.110. The van der Waals surface area contributed by atoms with Gasteiger partial charge < -0.3 is 30.6 Å². The van der Waals surface area contributed by atoms with Crippen LogP contribution in [-0.4, -0.2) is 60.9 Å². The fourth-order valence-electron chi connectivity index (χ4n) is 5.57. The van der Waals surface area contributed by atoms with Crippen LogP contribution in [0.2, 0.25) is 0 Å². The molecule has 4 N–H and O–H groups in total. The van der Waals surface area contributed by atoms with Gasteiger partial charge >= 0.3 is 0 Å². The summed E-state index contributed by atoms with van der Waals surface area (Å²) >= 11 is 0. The summed E-state index contributed by atoms with van der Waals surface area (Å²) in [6.07, 6.45) is 4.19. The van der Waals surface area contributed by atoms with Crippen LogP contribution in [0.1, 0.15) is 74.6 Å². The van der Waals surface area contributed by atoms with E-state index < -0.39 is 0 Å². The first kappa shape index (κ1) is 28.2. The minimum absolute atomic E-state index is 0.125. The van der Waals surface area contributed by atoms with E-state index in [1.807, 2.05) is 45.0 Å². The third-order valence-corrected chi connectivity index (χ3v) is 7.91. The van der Waals surface area contributed by atoms with Crippen molar-refractivity contribution in [3.8, 4) is 5.75 Å². The molecule has 214 valence electrons. The smallest absolute Gasteiger partial charge is 0.256 e. The summed E-state index contributed by atoms with van der Waals surface area (Å²) in [5.74, 6) is 0.0886. The van der Waals surface area contributed by atoms with Crippen molar-refractivity contribution in [1.82, 2.24) is 20.5 Å². The standard InChI is InChI=1S/C32H37N5O4/c1-19-28(34-21(3)29(19)32(40)33-12-15-37-13-5-6-14-37)18-26-25-17-23(10-11-27(25)36-31(26)39)30(38)35-20(2)22-8-7-9-24(16-22)41-4/h7-11,16-18,20,34H,5-6,12-15H2,1-4H3,(H,33,40)(H,35,38)(H,36,39). The topological polar surface area (TPSA) is 116 Å². The van der Waals surface area contributed by atoms with Gasteiger partial charge in [0.15, 0.2) is 0 Å². The molecule has 1 fully saturated rings. The van der Waals surface area contributed by atoms with Crippen LogP contribution in [0, 0.1) is 13.8 Å². The molecule has 1 saturated heterocycles. The summed E-state index contributed by atoms with van der Waals surface area (Å²) in [5, 5.41) is 8.95. The first-order chi connectivity index (χ1) is 19.7. The summed E-state index contributed by atoms with van der Waals surface area (Å²) < 4.78 is 5.30. The second kappa shape index (κ2) is 12.0. The Morgan fingerprint density at radius 1 is 1.10 bits per heavy atom. The molecule has 1 atom stereocenters. The number of aromatic nitrogens is 1. The van der Waals surface area contributed by atoms with Gasteiger partial charge in [-0.05, 0) is 94.2 Å². The zero-order chi connectivity index (χ0) is 29.1. The Hall–Kier alpha value is -4.37. The molecule has 1 aromatic heterocycles. The maximum Gasteiger partial charge on any atom is 0.256 e. The molecule has 0 saturated carbocycles. The van der Waals surface area contributed by atoms with Gasteiger partial charge in [0.1, 0.15) is 5.75 Å². The van der Waals surface area contributed by atoms with E-state index in [1.165, 1.54) is 12.8 Å². The van der Waals surface area contributed by atoms with Crippen molar-refractivity contribution in [2.24, 2.45) is 0 Å². The minimum Gasteiger partial charge on any atom is -0.497 e. The number of nitrogens with zero attached hydrogens (tertiary/aromatic N) is 1. The number of H-pyrrole nitrogens is 1. The van der Waals surface area contributed by atoms with Crippen LogP contribution < -0.4 is 20.7 Å². The Morgan fingerprint density at radius 3 is 2.63 bits per heavy atom. The summed E-state index contributed by atoms with van der Waals surface area (Å²) in [6.45, 7) is 9.26. The third-order valence-electron chi connectivity index (χ3n) is 7.91. The molecule has 0 aliphatic carbocycles. The number of rotatable bonds is 9. The number of hydrogen-bond acceptors (Lipinski definition) is 5. The highest BCUT2D eigenvalue weighted by Crippen LogP contribution is 2.35. The van der Waals surface area contributed by atoms with Crippen LogP contribution >= 0.6 is 0 Å². The molecule has 9 heteroatoms. The number of anilines is 1. The van der Waals surface area contributed by atoms with Crippen LogP contribution in [0.15, 0.2) is 42.5 Å². The zero-order valence-electron chi connectivity index (χ0n) is 24.0. The molecule has 1 unspecified atom stereocenters. The Bertz CT molecular complexity index is 1520. The SMILES string of the molecule is COc1cccc(C(C)NC(=O)c2ccc3c(c2)C(=Cc2[nH]c(C)c(C(=O)NCCN4CCCC4)c2C)C(=O)N3)c1. The van der Waals surface area contributed by atoms with E-state index in [0.717, 1.165) is 42.2 Å². The number of carbonyl (C=O) groups is 3. The minimum atomic E-state index is -0.259. The Labute approximate surface area is 240 Å². The van der Waals surface area contributed by atoms with Gasteiger partial charge in [-0.1, -0.05) is 12.1 Å². The number of carbonyl (C=O) groups excluding carboxylic acids is 3. The van der Waals surface area contributed by atoms with Gasteiger partial charge in [0.2, 0.25) is 0 Å². The fraction of sp³-hybridized carbons (Fsp3) is 0.344. The average Bonchev–Trinajstić information content (AvgIpc) is 3.66. The van der Waals surface area contributed by atoms with Crippen LogP contribution in [0.4, 0.5) is 5.69 Å². The first-order valence-corrected chi connectivity index (χ1v) is 14.1. The van der Waals surface area contributed by atoms with Gasteiger partial charge in [-0.2, -0.15) is 0 Å². The molecular formula is C32H37N5O4. The van der Waals surface area contributed by atoms with Crippen molar-refractivity contribution in [2.75, 3.05) is 38.6 Å². The lowest BCUT2D eigenvalue weighted by Crippen LogP contribution is -2.33. The number of methoxy groups -OCH3 is 1. The Morgan fingerprint density at radius 2 is 1.88 bits per heavy atom. The Balaban J connectivity index is 1.33. The van der Waals surface area contributed by atoms with E-state index in [1.54, 1.807) is 31.4 Å². The van der Waals surface area contributed by atoms with Crippen molar-refractivity contribution >= 4 is 35.1 Å². The molecule has 3 aromatic rings. The van der Waals surface area contributed by atoms with E-state index in [2.05, 4.69) is 25.8 Å². The number of amides is 3. The molecular weight excluding hydrogens is 518 g/mol. The lowest BCUT2D eigenvalue weighted by Gasteiger charge is -2.15. The van der Waals surface area contributed by atoms with E-state index in [0.29, 0.717) is 40.2 Å². The molecule has 2 aliphatic rings. The van der Waals surface area contributed by atoms with Crippen molar-refractivity contribution in [1.29, 1.82) is 0 Å². The summed E-state index contributed by atoms with van der Waals surface area (Å²) in [7, 11) is 1.61. The number of fused-ring (bicyclic) bond motifs is 1. The molecule has 0 radical (unpaired) electrons. The van der Waals surface area contributed by atoms with Gasteiger partial charge in [-0.15, -0.1) is 0 Å². The third kappa shape index (κ3) is 6.05. The number of likely N-dealkylation sites (tertiary alicyclic amines) is 1. The second-order valence-corrected chi connectivity index (χ2v) is 10.7. The molecule has 9 nitrogen and oxygen atoms in total. The maximum atomic E-state index is 13.2. The summed E-state index contributed by atoms with van der Waals surface area (Å²) in [5.41, 5.74) is 5.87. The average molecular weight is 556 g/mol. The lowest BCUT2D eigenvalue weighted by atomic mass is 10.0. The predicted molar refractivity (Wildman–Crippen MR) is 160 cm³/mol. The molecule has 5 rings (SSSR count). The van der Waals surface area contributed by atoms with E-state index in [9.17, 15) is 14.4 Å². The van der Waals surface area contributed by atoms with Gasteiger partial charge in [-0.3, -0.25) is 14.4 Å². The second-order valence-electron chi connectivity index (χ2n) is 10.7. The monoisotopic (exact) mass is 555 g/mol. The number of nitrogens with one attached hydrogen (secondary N) is 4. The highest BCUT2D eigenvalue weighted by atomic mass is 16.5. The number of hydrogen-bond donors (Lipinski definition) is 4. The molecule has 3 amide bonds. The van der Waals surface area contributed by atoms with Gasteiger partial charge in [0, 0.05) is 41.3 Å². The predicted octanol–water partition coefficient (Wildman–Crippen LogP) is 4.45. The van der Waals surface area contributed by atoms with Crippen molar-refractivity contribution in [3.05, 3.63) is 81.7 Å². The molecule has 3 heterocycles. The largest absolute Gasteiger partial charge is 0.497 e. The van der Waals surface area contributed by atoms with E-state index in [4.69, 9.17) is 4.74 Å². The number of benzene rings is 2. The molecule has 0 spiro atoms. The number of ether oxygens (including phenoxy) is 1. The van der Waals surface area contributed by atoms with Crippen LogP contribution in [-0.2, 0) is 4.79 Å².